The van der Waals surface area contributed by atoms with Crippen molar-refractivity contribution in [3.63, 3.8) is 0 Å². The number of anilines is 1. The summed E-state index contributed by atoms with van der Waals surface area (Å²) in [5.74, 6) is -0.0766. The van der Waals surface area contributed by atoms with E-state index in [1.54, 1.807) is 5.51 Å². The fraction of sp³-hybridized carbons (Fsp3) is 0.357. The van der Waals surface area contributed by atoms with Crippen LogP contribution < -0.4 is 5.32 Å². The van der Waals surface area contributed by atoms with Crippen LogP contribution in [0.1, 0.15) is 29.1 Å². The predicted molar refractivity (Wildman–Crippen MR) is 84.1 cm³/mol. The fourth-order valence-electron chi connectivity index (χ4n) is 2.45. The quantitative estimate of drug-likeness (QED) is 0.796. The van der Waals surface area contributed by atoms with Crippen LogP contribution in [-0.2, 0) is 11.2 Å². The van der Waals surface area contributed by atoms with Gasteiger partial charge in [0.05, 0.1) is 5.69 Å². The van der Waals surface area contributed by atoms with Gasteiger partial charge in [0.15, 0.2) is 5.65 Å². The molecule has 7 nitrogen and oxygen atoms in total. The van der Waals surface area contributed by atoms with Gasteiger partial charge in [-0.25, -0.2) is 9.50 Å². The average Bonchev–Trinajstić information content (AvgIpc) is 3.07. The molecule has 3 aromatic rings. The molecular weight excluding hydrogens is 300 g/mol. The number of fused-ring (bicyclic) bond motifs is 1. The zero-order valence-electron chi connectivity index (χ0n) is 12.6. The molecule has 0 unspecified atom stereocenters. The van der Waals surface area contributed by atoms with Crippen LogP contribution in [0.25, 0.3) is 5.65 Å². The Morgan fingerprint density at radius 1 is 1.36 bits per heavy atom. The molecular formula is C14H16N6OS. The first-order valence-corrected chi connectivity index (χ1v) is 7.81. The van der Waals surface area contributed by atoms with Gasteiger partial charge in [-0.15, -0.1) is 10.2 Å². The number of carbonyl (C=O) groups is 1. The molecule has 8 heteroatoms. The zero-order valence-corrected chi connectivity index (χ0v) is 13.4. The first kappa shape index (κ1) is 14.6. The number of rotatable bonds is 4. The monoisotopic (exact) mass is 316 g/mol. The molecule has 114 valence electrons. The SMILES string of the molecule is Cc1cc2nc(C)c(CCC(=O)Nc3nncs3)c(C)n2n1. The third-order valence-corrected chi connectivity index (χ3v) is 4.10. The molecule has 3 rings (SSSR count). The van der Waals surface area contributed by atoms with Gasteiger partial charge in [-0.1, -0.05) is 11.3 Å². The van der Waals surface area contributed by atoms with Gasteiger partial charge >= 0.3 is 0 Å². The Labute approximate surface area is 131 Å². The molecule has 3 aromatic heterocycles. The highest BCUT2D eigenvalue weighted by Crippen LogP contribution is 2.17. The maximum absolute atomic E-state index is 12.0. The molecule has 0 saturated heterocycles. The van der Waals surface area contributed by atoms with E-state index >= 15 is 0 Å². The summed E-state index contributed by atoms with van der Waals surface area (Å²) in [7, 11) is 0. The molecule has 0 saturated carbocycles. The minimum atomic E-state index is -0.0766. The molecule has 0 aliphatic heterocycles. The summed E-state index contributed by atoms with van der Waals surface area (Å²) in [6, 6.07) is 1.95. The van der Waals surface area contributed by atoms with E-state index in [0.717, 1.165) is 28.3 Å². The molecule has 3 heterocycles. The van der Waals surface area contributed by atoms with Crippen molar-refractivity contribution in [1.82, 2.24) is 24.8 Å². The number of aromatic nitrogens is 5. The van der Waals surface area contributed by atoms with E-state index in [2.05, 4.69) is 25.6 Å². The Hall–Kier alpha value is -2.35. The lowest BCUT2D eigenvalue weighted by molar-refractivity contribution is -0.116. The van der Waals surface area contributed by atoms with E-state index in [4.69, 9.17) is 0 Å². The Morgan fingerprint density at radius 2 is 2.18 bits per heavy atom. The topological polar surface area (TPSA) is 85.1 Å². The van der Waals surface area contributed by atoms with E-state index in [9.17, 15) is 4.79 Å². The number of hydrogen-bond acceptors (Lipinski definition) is 6. The lowest BCUT2D eigenvalue weighted by Crippen LogP contribution is -2.14. The molecule has 22 heavy (non-hydrogen) atoms. The third-order valence-electron chi connectivity index (χ3n) is 3.49. The summed E-state index contributed by atoms with van der Waals surface area (Å²) in [4.78, 5) is 16.5. The molecule has 1 amide bonds. The van der Waals surface area contributed by atoms with Gasteiger partial charge in [-0.3, -0.25) is 4.79 Å². The summed E-state index contributed by atoms with van der Waals surface area (Å²) >= 11 is 1.30. The van der Waals surface area contributed by atoms with Crippen molar-refractivity contribution in [2.75, 3.05) is 5.32 Å². The number of amides is 1. The molecule has 0 bridgehead atoms. The standard InChI is InChI=1S/C14H16N6OS/c1-8-6-12-16-9(2)11(10(3)20(12)19-8)4-5-13(21)17-14-18-15-7-22-14/h6-7H,4-5H2,1-3H3,(H,17,18,21). The molecule has 0 atom stereocenters. The molecule has 0 fully saturated rings. The number of nitrogens with zero attached hydrogens (tertiary/aromatic N) is 5. The second-order valence-electron chi connectivity index (χ2n) is 5.11. The van der Waals surface area contributed by atoms with Crippen molar-refractivity contribution < 1.29 is 4.79 Å². The first-order valence-electron chi connectivity index (χ1n) is 6.93. The van der Waals surface area contributed by atoms with Crippen LogP contribution in [-0.4, -0.2) is 30.7 Å². The zero-order chi connectivity index (χ0) is 15.7. The first-order chi connectivity index (χ1) is 10.5. The highest BCUT2D eigenvalue weighted by atomic mass is 32.1. The predicted octanol–water partition coefficient (Wildman–Crippen LogP) is 2.08. The number of aryl methyl sites for hydroxylation is 3. The van der Waals surface area contributed by atoms with Gasteiger partial charge in [0.1, 0.15) is 5.51 Å². The van der Waals surface area contributed by atoms with Crippen LogP contribution in [0, 0.1) is 20.8 Å². The van der Waals surface area contributed by atoms with Crippen molar-refractivity contribution in [3.05, 3.63) is 34.2 Å². The molecule has 1 N–H and O–H groups in total. The molecule has 0 radical (unpaired) electrons. The van der Waals surface area contributed by atoms with Gasteiger partial charge in [0, 0.05) is 23.9 Å². The maximum atomic E-state index is 12.0. The summed E-state index contributed by atoms with van der Waals surface area (Å²) in [5.41, 5.74) is 6.38. The Kier molecular flexibility index (Phi) is 3.84. The average molecular weight is 316 g/mol. The summed E-state index contributed by atoms with van der Waals surface area (Å²) in [6.45, 7) is 5.91. The highest BCUT2D eigenvalue weighted by molar-refractivity contribution is 7.13. The van der Waals surface area contributed by atoms with Crippen LogP contribution in [0.2, 0.25) is 0 Å². The third kappa shape index (κ3) is 2.82. The second-order valence-corrected chi connectivity index (χ2v) is 5.94. The van der Waals surface area contributed by atoms with E-state index in [1.165, 1.54) is 11.3 Å². The Bertz CT molecular complexity index is 824. The second kappa shape index (κ2) is 5.80. The van der Waals surface area contributed by atoms with Crippen LogP contribution in [0.4, 0.5) is 5.13 Å². The van der Waals surface area contributed by atoms with Crippen LogP contribution in [0.3, 0.4) is 0 Å². The van der Waals surface area contributed by atoms with Crippen molar-refractivity contribution in [3.8, 4) is 0 Å². The van der Waals surface area contributed by atoms with E-state index in [0.29, 0.717) is 18.0 Å². The number of nitrogens with one attached hydrogen (secondary N) is 1. The number of carbonyl (C=O) groups excluding carboxylic acids is 1. The minimum absolute atomic E-state index is 0.0766. The van der Waals surface area contributed by atoms with Gasteiger partial charge in [0.2, 0.25) is 11.0 Å². The molecule has 0 spiro atoms. The van der Waals surface area contributed by atoms with Gasteiger partial charge < -0.3 is 5.32 Å². The van der Waals surface area contributed by atoms with Gasteiger partial charge in [-0.2, -0.15) is 5.10 Å². The lowest BCUT2D eigenvalue weighted by Gasteiger charge is -2.10. The normalized spacial score (nSPS) is 11.0. The molecule has 0 aliphatic carbocycles. The Morgan fingerprint density at radius 3 is 2.91 bits per heavy atom. The summed E-state index contributed by atoms with van der Waals surface area (Å²) in [6.07, 6.45) is 0.985. The van der Waals surface area contributed by atoms with Crippen molar-refractivity contribution >= 4 is 28.0 Å². The van der Waals surface area contributed by atoms with E-state index in [-0.39, 0.29) is 5.91 Å². The summed E-state index contributed by atoms with van der Waals surface area (Å²) in [5, 5.41) is 15.2. The van der Waals surface area contributed by atoms with Crippen molar-refractivity contribution in [2.45, 2.75) is 33.6 Å². The maximum Gasteiger partial charge on any atom is 0.226 e. The molecule has 0 aliphatic rings. The minimum Gasteiger partial charge on any atom is -0.301 e. The van der Waals surface area contributed by atoms with Crippen LogP contribution in [0.15, 0.2) is 11.6 Å². The van der Waals surface area contributed by atoms with Gasteiger partial charge in [-0.05, 0) is 32.8 Å². The van der Waals surface area contributed by atoms with Crippen molar-refractivity contribution in [1.29, 1.82) is 0 Å². The van der Waals surface area contributed by atoms with Crippen molar-refractivity contribution in [2.24, 2.45) is 0 Å². The van der Waals surface area contributed by atoms with Crippen LogP contribution in [0.5, 0.6) is 0 Å². The number of hydrogen-bond donors (Lipinski definition) is 1. The van der Waals surface area contributed by atoms with Crippen LogP contribution >= 0.6 is 11.3 Å². The van der Waals surface area contributed by atoms with E-state index < -0.39 is 0 Å². The fourth-order valence-corrected chi connectivity index (χ4v) is 2.91. The van der Waals surface area contributed by atoms with Gasteiger partial charge in [0.25, 0.3) is 0 Å². The Balaban J connectivity index is 1.77. The highest BCUT2D eigenvalue weighted by Gasteiger charge is 2.13. The smallest absolute Gasteiger partial charge is 0.226 e. The summed E-state index contributed by atoms with van der Waals surface area (Å²) < 4.78 is 1.83. The lowest BCUT2D eigenvalue weighted by atomic mass is 10.1. The van der Waals surface area contributed by atoms with E-state index in [1.807, 2.05) is 31.4 Å². The molecule has 0 aromatic carbocycles. The largest absolute Gasteiger partial charge is 0.301 e.